The van der Waals surface area contributed by atoms with Gasteiger partial charge in [0, 0.05) is 0 Å². The van der Waals surface area contributed by atoms with Gasteiger partial charge >= 0.3 is 0 Å². The molecule has 0 aliphatic rings. The van der Waals surface area contributed by atoms with Crippen molar-refractivity contribution >= 4 is 15.9 Å². The fourth-order valence-corrected chi connectivity index (χ4v) is 2.80. The Morgan fingerprint density at radius 2 is 1.79 bits per heavy atom. The van der Waals surface area contributed by atoms with Crippen LogP contribution in [0.4, 0.5) is 4.39 Å². The fourth-order valence-electron chi connectivity index (χ4n) is 2.01. The molecule has 0 bridgehead atoms. The molecular formula is C16H16BrFO. The van der Waals surface area contributed by atoms with E-state index in [1.807, 2.05) is 31.2 Å². The molecule has 1 unspecified atom stereocenters. The number of hydrogen-bond acceptors (Lipinski definition) is 1. The van der Waals surface area contributed by atoms with Crippen LogP contribution < -0.4 is 4.74 Å². The quantitative estimate of drug-likeness (QED) is 0.727. The first-order chi connectivity index (χ1) is 9.02. The van der Waals surface area contributed by atoms with Gasteiger partial charge in [-0.2, -0.15) is 0 Å². The predicted octanol–water partition coefficient (Wildman–Crippen LogP) is 4.94. The Morgan fingerprint density at radius 3 is 2.37 bits per heavy atom. The summed E-state index contributed by atoms with van der Waals surface area (Å²) >= 11 is 3.64. The van der Waals surface area contributed by atoms with Crippen molar-refractivity contribution in [2.45, 2.75) is 18.7 Å². The van der Waals surface area contributed by atoms with Crippen molar-refractivity contribution in [1.29, 1.82) is 0 Å². The van der Waals surface area contributed by atoms with Gasteiger partial charge in [0.2, 0.25) is 0 Å². The summed E-state index contributed by atoms with van der Waals surface area (Å²) in [5, 5.41) is 0. The molecule has 2 rings (SSSR count). The molecule has 0 heterocycles. The van der Waals surface area contributed by atoms with E-state index in [1.54, 1.807) is 26.2 Å². The van der Waals surface area contributed by atoms with E-state index in [4.69, 9.17) is 4.74 Å². The van der Waals surface area contributed by atoms with Crippen LogP contribution in [0.3, 0.4) is 0 Å². The van der Waals surface area contributed by atoms with E-state index in [0.717, 1.165) is 22.4 Å². The largest absolute Gasteiger partial charge is 0.497 e. The van der Waals surface area contributed by atoms with Crippen LogP contribution in [0, 0.1) is 19.7 Å². The van der Waals surface area contributed by atoms with Crippen molar-refractivity contribution in [2.24, 2.45) is 0 Å². The number of halogens is 2. The Labute approximate surface area is 121 Å². The predicted molar refractivity (Wildman–Crippen MR) is 79.6 cm³/mol. The van der Waals surface area contributed by atoms with Gasteiger partial charge in [0.05, 0.1) is 11.9 Å². The summed E-state index contributed by atoms with van der Waals surface area (Å²) in [7, 11) is 1.65. The minimum atomic E-state index is -0.173. The normalized spacial score (nSPS) is 12.3. The van der Waals surface area contributed by atoms with Crippen LogP contribution in [0.5, 0.6) is 5.75 Å². The SMILES string of the molecule is COc1ccc(C(Br)c2ccc(C)c(F)c2)c(C)c1. The van der Waals surface area contributed by atoms with Crippen LogP contribution in [-0.4, -0.2) is 7.11 Å². The molecule has 3 heteroatoms. The summed E-state index contributed by atoms with van der Waals surface area (Å²) < 4.78 is 18.8. The lowest BCUT2D eigenvalue weighted by atomic mass is 9.99. The summed E-state index contributed by atoms with van der Waals surface area (Å²) in [5.74, 6) is 0.657. The zero-order chi connectivity index (χ0) is 14.0. The lowest BCUT2D eigenvalue weighted by Crippen LogP contribution is -1.98. The maximum atomic E-state index is 13.6. The van der Waals surface area contributed by atoms with Gasteiger partial charge in [-0.15, -0.1) is 0 Å². The molecule has 2 aromatic rings. The van der Waals surface area contributed by atoms with Crippen molar-refractivity contribution in [3.05, 3.63) is 64.5 Å². The van der Waals surface area contributed by atoms with Gasteiger partial charge in [-0.25, -0.2) is 4.39 Å². The third-order valence-corrected chi connectivity index (χ3v) is 4.26. The molecule has 0 saturated carbocycles. The standard InChI is InChI=1S/C16H16BrFO/c1-10-4-5-12(9-15(10)18)16(17)14-7-6-13(19-3)8-11(14)2/h4-9,16H,1-3H3. The molecule has 0 aliphatic carbocycles. The van der Waals surface area contributed by atoms with Gasteiger partial charge in [0.15, 0.2) is 0 Å². The number of aryl methyl sites for hydroxylation is 2. The molecule has 1 nitrogen and oxygen atoms in total. The number of rotatable bonds is 3. The highest BCUT2D eigenvalue weighted by molar-refractivity contribution is 9.09. The molecule has 0 amide bonds. The van der Waals surface area contributed by atoms with Crippen molar-refractivity contribution in [3.63, 3.8) is 0 Å². The summed E-state index contributed by atoms with van der Waals surface area (Å²) in [6.07, 6.45) is 0. The van der Waals surface area contributed by atoms with Crippen LogP contribution in [0.1, 0.15) is 27.1 Å². The number of alkyl halides is 1. The lowest BCUT2D eigenvalue weighted by Gasteiger charge is -2.15. The summed E-state index contributed by atoms with van der Waals surface area (Å²) in [5.41, 5.74) is 3.80. The third kappa shape index (κ3) is 2.98. The summed E-state index contributed by atoms with van der Waals surface area (Å²) in [4.78, 5) is -0.0199. The van der Waals surface area contributed by atoms with Gasteiger partial charge < -0.3 is 4.74 Å². The van der Waals surface area contributed by atoms with Gasteiger partial charge in [-0.05, 0) is 54.3 Å². The fraction of sp³-hybridized carbons (Fsp3) is 0.250. The average Bonchev–Trinajstić information content (AvgIpc) is 2.41. The Hall–Kier alpha value is -1.35. The highest BCUT2D eigenvalue weighted by Gasteiger charge is 2.14. The zero-order valence-corrected chi connectivity index (χ0v) is 12.8. The number of hydrogen-bond donors (Lipinski definition) is 0. The molecule has 0 saturated heterocycles. The highest BCUT2D eigenvalue weighted by atomic mass is 79.9. The average molecular weight is 323 g/mol. The van der Waals surface area contributed by atoms with E-state index < -0.39 is 0 Å². The first-order valence-corrected chi connectivity index (χ1v) is 6.99. The second-order valence-electron chi connectivity index (χ2n) is 4.59. The molecule has 0 aromatic heterocycles. The molecule has 100 valence electrons. The number of ether oxygens (including phenoxy) is 1. The molecule has 0 aliphatic heterocycles. The van der Waals surface area contributed by atoms with E-state index in [2.05, 4.69) is 15.9 Å². The second kappa shape index (κ2) is 5.74. The highest BCUT2D eigenvalue weighted by Crippen LogP contribution is 2.34. The van der Waals surface area contributed by atoms with Crippen LogP contribution in [-0.2, 0) is 0 Å². The Bertz CT molecular complexity index is 595. The number of benzene rings is 2. The van der Waals surface area contributed by atoms with E-state index in [9.17, 15) is 4.39 Å². The summed E-state index contributed by atoms with van der Waals surface area (Å²) in [6.45, 7) is 3.79. The minimum Gasteiger partial charge on any atom is -0.497 e. The van der Waals surface area contributed by atoms with E-state index in [0.29, 0.717) is 5.56 Å². The van der Waals surface area contributed by atoms with E-state index in [1.165, 1.54) is 0 Å². The summed E-state index contributed by atoms with van der Waals surface area (Å²) in [6, 6.07) is 11.2. The first kappa shape index (κ1) is 14.1. The maximum absolute atomic E-state index is 13.6. The lowest BCUT2D eigenvalue weighted by molar-refractivity contribution is 0.414. The van der Waals surface area contributed by atoms with Crippen LogP contribution in [0.25, 0.3) is 0 Å². The molecule has 19 heavy (non-hydrogen) atoms. The van der Waals surface area contributed by atoms with Crippen molar-refractivity contribution in [2.75, 3.05) is 7.11 Å². The number of methoxy groups -OCH3 is 1. The van der Waals surface area contributed by atoms with Crippen molar-refractivity contribution in [3.8, 4) is 5.75 Å². The topological polar surface area (TPSA) is 9.23 Å². The third-order valence-electron chi connectivity index (χ3n) is 3.24. The van der Waals surface area contributed by atoms with Crippen LogP contribution in [0.15, 0.2) is 36.4 Å². The van der Waals surface area contributed by atoms with E-state index in [-0.39, 0.29) is 10.6 Å². The minimum absolute atomic E-state index is 0.0199. The monoisotopic (exact) mass is 322 g/mol. The molecule has 0 N–H and O–H groups in total. The maximum Gasteiger partial charge on any atom is 0.126 e. The Balaban J connectivity index is 2.38. The first-order valence-electron chi connectivity index (χ1n) is 6.07. The van der Waals surface area contributed by atoms with Crippen LogP contribution in [0.2, 0.25) is 0 Å². The Morgan fingerprint density at radius 1 is 1.05 bits per heavy atom. The van der Waals surface area contributed by atoms with Gasteiger partial charge in [-0.1, -0.05) is 34.1 Å². The van der Waals surface area contributed by atoms with Gasteiger partial charge in [-0.3, -0.25) is 0 Å². The van der Waals surface area contributed by atoms with Crippen molar-refractivity contribution in [1.82, 2.24) is 0 Å². The van der Waals surface area contributed by atoms with E-state index >= 15 is 0 Å². The van der Waals surface area contributed by atoms with Crippen LogP contribution >= 0.6 is 15.9 Å². The molecule has 1 atom stereocenters. The smallest absolute Gasteiger partial charge is 0.126 e. The zero-order valence-electron chi connectivity index (χ0n) is 11.2. The molecular weight excluding hydrogens is 307 g/mol. The molecule has 0 radical (unpaired) electrons. The molecule has 2 aromatic carbocycles. The molecule has 0 spiro atoms. The van der Waals surface area contributed by atoms with Crippen molar-refractivity contribution < 1.29 is 9.13 Å². The van der Waals surface area contributed by atoms with Gasteiger partial charge in [0.1, 0.15) is 11.6 Å². The van der Waals surface area contributed by atoms with Gasteiger partial charge in [0.25, 0.3) is 0 Å². The molecule has 0 fully saturated rings. The second-order valence-corrected chi connectivity index (χ2v) is 5.51. The Kier molecular flexibility index (Phi) is 4.25.